The van der Waals surface area contributed by atoms with E-state index in [2.05, 4.69) is 15.3 Å². The Balaban J connectivity index is 1.95. The van der Waals surface area contributed by atoms with Crippen molar-refractivity contribution in [2.75, 3.05) is 0 Å². The molecule has 21 heavy (non-hydrogen) atoms. The molecule has 2 aromatic rings. The Bertz CT molecular complexity index is 570. The Morgan fingerprint density at radius 1 is 1.19 bits per heavy atom. The highest BCUT2D eigenvalue weighted by molar-refractivity contribution is 5.73. The van der Waals surface area contributed by atoms with E-state index in [9.17, 15) is 9.90 Å². The Labute approximate surface area is 124 Å². The van der Waals surface area contributed by atoms with Crippen LogP contribution in [0.1, 0.15) is 23.9 Å². The minimum atomic E-state index is -0.857. The van der Waals surface area contributed by atoms with Crippen LogP contribution in [0.2, 0.25) is 0 Å². The highest BCUT2D eigenvalue weighted by atomic mass is 16.4. The third kappa shape index (κ3) is 4.65. The first-order valence-corrected chi connectivity index (χ1v) is 6.99. The van der Waals surface area contributed by atoms with Gasteiger partial charge in [0.15, 0.2) is 0 Å². The van der Waals surface area contributed by atoms with Crippen molar-refractivity contribution in [1.82, 2.24) is 15.3 Å². The van der Waals surface area contributed by atoms with Crippen LogP contribution in [0.4, 0.5) is 0 Å². The highest BCUT2D eigenvalue weighted by Gasteiger charge is 2.17. The molecule has 0 saturated carbocycles. The van der Waals surface area contributed by atoms with E-state index in [0.29, 0.717) is 13.0 Å². The van der Waals surface area contributed by atoms with Crippen LogP contribution in [-0.4, -0.2) is 27.1 Å². The first-order chi connectivity index (χ1) is 10.2. The molecule has 0 fully saturated rings. The minimum absolute atomic E-state index is 0.438. The van der Waals surface area contributed by atoms with Crippen LogP contribution in [0.25, 0.3) is 0 Å². The summed E-state index contributed by atoms with van der Waals surface area (Å²) in [5, 5.41) is 12.3. The Kier molecular flexibility index (Phi) is 5.40. The third-order valence-electron chi connectivity index (χ3n) is 3.21. The molecule has 0 aliphatic heterocycles. The molecule has 0 aliphatic rings. The number of carboxylic acids is 1. The number of hydrogen-bond acceptors (Lipinski definition) is 4. The Morgan fingerprint density at radius 3 is 2.43 bits per heavy atom. The molecule has 1 atom stereocenters. The van der Waals surface area contributed by atoms with E-state index >= 15 is 0 Å². The molecule has 5 nitrogen and oxygen atoms in total. The zero-order valence-corrected chi connectivity index (χ0v) is 12.0. The second-order valence-electron chi connectivity index (χ2n) is 4.82. The maximum absolute atomic E-state index is 11.3. The second kappa shape index (κ2) is 7.50. The summed E-state index contributed by atoms with van der Waals surface area (Å²) in [6.07, 6.45) is 4.71. The number of nitrogens with one attached hydrogen (secondary N) is 1. The molecule has 1 aromatic heterocycles. The van der Waals surface area contributed by atoms with Gasteiger partial charge in [0.2, 0.25) is 0 Å². The van der Waals surface area contributed by atoms with Crippen molar-refractivity contribution in [2.45, 2.75) is 32.4 Å². The number of aromatic nitrogens is 2. The van der Waals surface area contributed by atoms with Crippen molar-refractivity contribution in [1.29, 1.82) is 0 Å². The fraction of sp³-hybridized carbons (Fsp3) is 0.312. The normalized spacial score (nSPS) is 12.0. The van der Waals surface area contributed by atoms with Crippen molar-refractivity contribution in [3.05, 3.63) is 59.7 Å². The lowest BCUT2D eigenvalue weighted by Gasteiger charge is -2.14. The molecule has 0 bridgehead atoms. The van der Waals surface area contributed by atoms with Gasteiger partial charge in [-0.15, -0.1) is 0 Å². The average Bonchev–Trinajstić information content (AvgIpc) is 2.52. The summed E-state index contributed by atoms with van der Waals surface area (Å²) in [6.45, 7) is 2.43. The van der Waals surface area contributed by atoms with Crippen molar-refractivity contribution < 1.29 is 9.90 Å². The van der Waals surface area contributed by atoms with Gasteiger partial charge in [0.05, 0.1) is 0 Å². The van der Waals surface area contributed by atoms with Gasteiger partial charge in [-0.1, -0.05) is 37.3 Å². The molecule has 0 radical (unpaired) electrons. The summed E-state index contributed by atoms with van der Waals surface area (Å²) >= 11 is 0. The van der Waals surface area contributed by atoms with Gasteiger partial charge in [-0.05, 0) is 12.0 Å². The molecule has 1 heterocycles. The number of carboxylic acid groups (broad SMARTS) is 1. The summed E-state index contributed by atoms with van der Waals surface area (Å²) in [5.74, 6) is -0.0669. The first-order valence-electron chi connectivity index (χ1n) is 6.99. The fourth-order valence-electron chi connectivity index (χ4n) is 1.99. The molecule has 0 amide bonds. The molecule has 0 unspecified atom stereocenters. The SMILES string of the molecule is CCc1ncc(CN[C@@H](Cc2ccccc2)C(=O)O)cn1. The molecule has 1 aromatic carbocycles. The van der Waals surface area contributed by atoms with E-state index in [1.165, 1.54) is 0 Å². The summed E-state index contributed by atoms with van der Waals surface area (Å²) in [4.78, 5) is 19.7. The maximum atomic E-state index is 11.3. The zero-order chi connectivity index (χ0) is 15.1. The lowest BCUT2D eigenvalue weighted by molar-refractivity contribution is -0.139. The van der Waals surface area contributed by atoms with E-state index in [4.69, 9.17) is 0 Å². The van der Waals surface area contributed by atoms with Crippen molar-refractivity contribution >= 4 is 5.97 Å². The van der Waals surface area contributed by atoms with Crippen LogP contribution in [0.3, 0.4) is 0 Å². The van der Waals surface area contributed by atoms with E-state index in [1.807, 2.05) is 37.3 Å². The quantitative estimate of drug-likeness (QED) is 0.811. The standard InChI is InChI=1S/C16H19N3O2/c1-2-15-18-10-13(11-19-15)9-17-14(16(20)21)8-12-6-4-3-5-7-12/h3-7,10-11,14,17H,2,8-9H2,1H3,(H,20,21)/t14-/m0/s1. The third-order valence-corrected chi connectivity index (χ3v) is 3.21. The maximum Gasteiger partial charge on any atom is 0.321 e. The van der Waals surface area contributed by atoms with Crippen molar-refractivity contribution in [3.8, 4) is 0 Å². The lowest BCUT2D eigenvalue weighted by Crippen LogP contribution is -2.38. The van der Waals surface area contributed by atoms with Crippen molar-refractivity contribution in [3.63, 3.8) is 0 Å². The highest BCUT2D eigenvalue weighted by Crippen LogP contribution is 2.05. The van der Waals surface area contributed by atoms with E-state index in [-0.39, 0.29) is 0 Å². The molecule has 0 aliphatic carbocycles. The van der Waals surface area contributed by atoms with E-state index < -0.39 is 12.0 Å². The molecular weight excluding hydrogens is 266 g/mol. The van der Waals surface area contributed by atoms with Gasteiger partial charge in [0, 0.05) is 30.9 Å². The van der Waals surface area contributed by atoms with Crippen LogP contribution in [0.5, 0.6) is 0 Å². The molecule has 2 rings (SSSR count). The predicted octanol–water partition coefficient (Wildman–Crippen LogP) is 1.82. The number of carbonyl (C=O) groups is 1. The van der Waals surface area contributed by atoms with E-state index in [0.717, 1.165) is 23.4 Å². The van der Waals surface area contributed by atoms with Crippen LogP contribution in [0, 0.1) is 0 Å². The molecule has 0 saturated heterocycles. The monoisotopic (exact) mass is 285 g/mol. The average molecular weight is 285 g/mol. The lowest BCUT2D eigenvalue weighted by atomic mass is 10.1. The summed E-state index contributed by atoms with van der Waals surface area (Å²) in [6, 6.07) is 8.96. The smallest absolute Gasteiger partial charge is 0.321 e. The van der Waals surface area contributed by atoms with Gasteiger partial charge >= 0.3 is 5.97 Å². The van der Waals surface area contributed by atoms with Crippen LogP contribution < -0.4 is 5.32 Å². The summed E-state index contributed by atoms with van der Waals surface area (Å²) in [7, 11) is 0. The summed E-state index contributed by atoms with van der Waals surface area (Å²) < 4.78 is 0. The molecule has 0 spiro atoms. The number of aliphatic carboxylic acids is 1. The molecule has 110 valence electrons. The molecule has 2 N–H and O–H groups in total. The minimum Gasteiger partial charge on any atom is -0.480 e. The predicted molar refractivity (Wildman–Crippen MR) is 79.8 cm³/mol. The van der Waals surface area contributed by atoms with Crippen molar-refractivity contribution in [2.24, 2.45) is 0 Å². The van der Waals surface area contributed by atoms with Gasteiger partial charge < -0.3 is 5.11 Å². The van der Waals surface area contributed by atoms with Gasteiger partial charge in [0.25, 0.3) is 0 Å². The topological polar surface area (TPSA) is 75.1 Å². The second-order valence-corrected chi connectivity index (χ2v) is 4.82. The van der Waals surface area contributed by atoms with Crippen LogP contribution in [-0.2, 0) is 24.2 Å². The number of aryl methyl sites for hydroxylation is 1. The molecular formula is C16H19N3O2. The Morgan fingerprint density at radius 2 is 1.86 bits per heavy atom. The summed E-state index contributed by atoms with van der Waals surface area (Å²) in [5.41, 5.74) is 1.88. The molecule has 5 heteroatoms. The van der Waals surface area contributed by atoms with Crippen LogP contribution >= 0.6 is 0 Å². The zero-order valence-electron chi connectivity index (χ0n) is 12.0. The number of benzene rings is 1. The number of rotatable bonds is 7. The van der Waals surface area contributed by atoms with Gasteiger partial charge in [-0.3, -0.25) is 10.1 Å². The fourth-order valence-corrected chi connectivity index (χ4v) is 1.99. The Hall–Kier alpha value is -2.27. The van der Waals surface area contributed by atoms with E-state index in [1.54, 1.807) is 12.4 Å². The number of nitrogens with zero attached hydrogens (tertiary/aromatic N) is 2. The van der Waals surface area contributed by atoms with Gasteiger partial charge in [-0.2, -0.15) is 0 Å². The van der Waals surface area contributed by atoms with Gasteiger partial charge in [0.1, 0.15) is 11.9 Å². The largest absolute Gasteiger partial charge is 0.480 e. The number of hydrogen-bond donors (Lipinski definition) is 2. The first kappa shape index (κ1) is 15.1. The van der Waals surface area contributed by atoms with Crippen LogP contribution in [0.15, 0.2) is 42.7 Å². The van der Waals surface area contributed by atoms with Gasteiger partial charge in [-0.25, -0.2) is 9.97 Å².